The molecule has 4 atom stereocenters. The van der Waals surface area contributed by atoms with Crippen LogP contribution in [0.1, 0.15) is 60.8 Å². The van der Waals surface area contributed by atoms with Crippen LogP contribution < -0.4 is 20.1 Å². The third-order valence-corrected chi connectivity index (χ3v) is 10.4. The van der Waals surface area contributed by atoms with E-state index in [0.717, 1.165) is 71.9 Å². The monoisotopic (exact) mass is 656 g/mol. The molecule has 0 unspecified atom stereocenters. The summed E-state index contributed by atoms with van der Waals surface area (Å²) in [6, 6.07) is 18.8. The minimum atomic E-state index is -0.412. The van der Waals surface area contributed by atoms with Gasteiger partial charge in [-0.2, -0.15) is 0 Å². The van der Waals surface area contributed by atoms with Gasteiger partial charge in [0.15, 0.2) is 0 Å². The minimum absolute atomic E-state index is 0.0455. The van der Waals surface area contributed by atoms with Crippen molar-refractivity contribution in [3.8, 4) is 44.9 Å². The van der Waals surface area contributed by atoms with E-state index in [2.05, 4.69) is 22.8 Å². The number of benzene rings is 4. The van der Waals surface area contributed by atoms with Crippen molar-refractivity contribution in [1.82, 2.24) is 10.6 Å². The molecule has 0 bridgehead atoms. The highest BCUT2D eigenvalue weighted by atomic mass is 19.1. The SMILES string of the molecule is COc1cc(-c2cccc(-c3cccc(-c4cc(F)c(CN[C@@H]5CCC[C@@H]5O)c(OC)c4)c3C)c2C)cc(F)c1CN[C@@H]1CCC[C@@H]1O. The molecule has 4 aromatic rings. The van der Waals surface area contributed by atoms with E-state index in [1.54, 1.807) is 26.4 Å². The first-order valence-electron chi connectivity index (χ1n) is 17.0. The maximum atomic E-state index is 15.6. The molecule has 8 heteroatoms. The van der Waals surface area contributed by atoms with Crippen LogP contribution in [0.2, 0.25) is 0 Å². The standard InChI is InChI=1S/C40H46F2N2O4/c1-23-27(25-17-33(41)31(39(19-25)47-3)21-43-35-13-7-15-37(35)45)9-5-11-29(23)30-12-6-10-28(24(30)2)26-18-34(42)32(40(20-26)48-4)22-44-36-14-8-16-38(36)46/h5-6,9-12,17-20,35-38,43-46H,7-8,13-16,21-22H2,1-4H3/t35-,36-,37+,38+/m1/s1. The van der Waals surface area contributed by atoms with E-state index in [0.29, 0.717) is 33.8 Å². The Balaban J connectivity index is 1.30. The number of halogens is 2. The molecule has 6 rings (SSSR count). The Morgan fingerprint density at radius 1 is 0.625 bits per heavy atom. The molecule has 0 spiro atoms. The van der Waals surface area contributed by atoms with Gasteiger partial charge in [-0.1, -0.05) is 36.4 Å². The highest BCUT2D eigenvalue weighted by molar-refractivity contribution is 5.84. The Kier molecular flexibility index (Phi) is 10.5. The van der Waals surface area contributed by atoms with Gasteiger partial charge in [0.05, 0.1) is 26.4 Å². The van der Waals surface area contributed by atoms with Crippen LogP contribution in [0.5, 0.6) is 11.5 Å². The number of ether oxygens (including phenoxy) is 2. The molecule has 2 aliphatic rings. The van der Waals surface area contributed by atoms with Crippen molar-refractivity contribution in [2.75, 3.05) is 14.2 Å². The average molecular weight is 657 g/mol. The first kappa shape index (κ1) is 34.1. The topological polar surface area (TPSA) is 83.0 Å². The van der Waals surface area contributed by atoms with Gasteiger partial charge in [0, 0.05) is 36.3 Å². The van der Waals surface area contributed by atoms with E-state index in [4.69, 9.17) is 9.47 Å². The average Bonchev–Trinajstić information content (AvgIpc) is 3.69. The summed E-state index contributed by atoms with van der Waals surface area (Å²) in [6.45, 7) is 4.61. The van der Waals surface area contributed by atoms with Crippen molar-refractivity contribution >= 4 is 0 Å². The first-order valence-corrected chi connectivity index (χ1v) is 17.0. The normalized spacial score (nSPS) is 20.8. The Hall–Kier alpha value is -3.82. The van der Waals surface area contributed by atoms with Crippen LogP contribution in [0.3, 0.4) is 0 Å². The highest BCUT2D eigenvalue weighted by Gasteiger charge is 2.27. The fourth-order valence-electron chi connectivity index (χ4n) is 7.54. The summed E-state index contributed by atoms with van der Waals surface area (Å²) in [5.41, 5.74) is 8.04. The number of hydrogen-bond acceptors (Lipinski definition) is 6. The molecular weight excluding hydrogens is 610 g/mol. The van der Waals surface area contributed by atoms with Crippen molar-refractivity contribution < 1.29 is 28.5 Å². The largest absolute Gasteiger partial charge is 0.496 e. The molecule has 4 aromatic carbocycles. The van der Waals surface area contributed by atoms with Gasteiger partial charge in [-0.3, -0.25) is 0 Å². The van der Waals surface area contributed by atoms with Gasteiger partial charge in [-0.25, -0.2) is 8.78 Å². The summed E-state index contributed by atoms with van der Waals surface area (Å²) < 4.78 is 42.6. The van der Waals surface area contributed by atoms with Gasteiger partial charge in [-0.15, -0.1) is 0 Å². The minimum Gasteiger partial charge on any atom is -0.496 e. The van der Waals surface area contributed by atoms with E-state index in [1.165, 1.54) is 0 Å². The molecule has 4 N–H and O–H groups in total. The van der Waals surface area contributed by atoms with E-state index < -0.39 is 12.2 Å². The maximum absolute atomic E-state index is 15.6. The molecule has 2 aliphatic carbocycles. The van der Waals surface area contributed by atoms with Crippen LogP contribution in [0, 0.1) is 25.5 Å². The van der Waals surface area contributed by atoms with Gasteiger partial charge in [0.1, 0.15) is 23.1 Å². The van der Waals surface area contributed by atoms with Gasteiger partial charge < -0.3 is 30.3 Å². The highest BCUT2D eigenvalue weighted by Crippen LogP contribution is 2.40. The molecule has 6 nitrogen and oxygen atoms in total. The zero-order valence-corrected chi connectivity index (χ0v) is 28.2. The second-order valence-electron chi connectivity index (χ2n) is 13.2. The third kappa shape index (κ3) is 6.85. The molecule has 0 aromatic heterocycles. The lowest BCUT2D eigenvalue weighted by Crippen LogP contribution is -2.35. The second-order valence-corrected chi connectivity index (χ2v) is 13.2. The number of methoxy groups -OCH3 is 2. The van der Waals surface area contributed by atoms with E-state index >= 15 is 8.78 Å². The molecule has 0 radical (unpaired) electrons. The summed E-state index contributed by atoms with van der Waals surface area (Å²) in [4.78, 5) is 0. The van der Waals surface area contributed by atoms with Crippen LogP contribution in [-0.4, -0.2) is 48.7 Å². The van der Waals surface area contributed by atoms with Crippen molar-refractivity contribution in [2.45, 2.75) is 89.8 Å². The van der Waals surface area contributed by atoms with Crippen molar-refractivity contribution in [2.24, 2.45) is 0 Å². The summed E-state index contributed by atoms with van der Waals surface area (Å²) >= 11 is 0. The fraction of sp³-hybridized carbons (Fsp3) is 0.400. The van der Waals surface area contributed by atoms with Crippen LogP contribution in [0.25, 0.3) is 33.4 Å². The molecule has 48 heavy (non-hydrogen) atoms. The van der Waals surface area contributed by atoms with Crippen LogP contribution in [0.4, 0.5) is 8.78 Å². The quantitative estimate of drug-likeness (QED) is 0.133. The molecular formula is C40H46F2N2O4. The zero-order valence-electron chi connectivity index (χ0n) is 28.2. The van der Waals surface area contributed by atoms with Gasteiger partial charge in [-0.05, 0) is 121 Å². The van der Waals surface area contributed by atoms with Crippen LogP contribution >= 0.6 is 0 Å². The molecule has 0 saturated heterocycles. The van der Waals surface area contributed by atoms with Gasteiger partial charge in [0.25, 0.3) is 0 Å². The lowest BCUT2D eigenvalue weighted by atomic mass is 9.87. The molecule has 0 heterocycles. The predicted octanol–water partition coefficient (Wildman–Crippen LogP) is 7.61. The molecule has 2 saturated carbocycles. The number of rotatable bonds is 11. The number of aliphatic hydroxyl groups excluding tert-OH is 2. The van der Waals surface area contributed by atoms with Crippen LogP contribution in [-0.2, 0) is 13.1 Å². The van der Waals surface area contributed by atoms with Crippen molar-refractivity contribution in [3.05, 3.63) is 94.6 Å². The number of aliphatic hydroxyl groups is 2. The number of hydrogen-bond donors (Lipinski definition) is 4. The lowest BCUT2D eigenvalue weighted by Gasteiger charge is -2.20. The smallest absolute Gasteiger partial charge is 0.132 e. The molecule has 254 valence electrons. The van der Waals surface area contributed by atoms with E-state index in [-0.39, 0.29) is 36.8 Å². The Morgan fingerprint density at radius 3 is 1.38 bits per heavy atom. The van der Waals surface area contributed by atoms with Crippen molar-refractivity contribution in [1.29, 1.82) is 0 Å². The van der Waals surface area contributed by atoms with E-state index in [1.807, 2.05) is 50.2 Å². The Bertz CT molecular complexity index is 1650. The predicted molar refractivity (Wildman–Crippen MR) is 186 cm³/mol. The fourth-order valence-corrected chi connectivity index (χ4v) is 7.54. The van der Waals surface area contributed by atoms with E-state index in [9.17, 15) is 10.2 Å². The number of nitrogens with one attached hydrogen (secondary N) is 2. The van der Waals surface area contributed by atoms with Gasteiger partial charge >= 0.3 is 0 Å². The zero-order chi connectivity index (χ0) is 33.9. The first-order chi connectivity index (χ1) is 23.2. The molecule has 0 amide bonds. The summed E-state index contributed by atoms with van der Waals surface area (Å²) in [7, 11) is 3.09. The van der Waals surface area contributed by atoms with Crippen LogP contribution in [0.15, 0.2) is 60.7 Å². The lowest BCUT2D eigenvalue weighted by molar-refractivity contribution is 0.148. The Morgan fingerprint density at radius 2 is 1.02 bits per heavy atom. The summed E-state index contributed by atoms with van der Waals surface area (Å²) in [5, 5.41) is 27.0. The van der Waals surface area contributed by atoms with Crippen molar-refractivity contribution in [3.63, 3.8) is 0 Å². The summed E-state index contributed by atoms with van der Waals surface area (Å²) in [6.07, 6.45) is 4.34. The third-order valence-electron chi connectivity index (χ3n) is 10.4. The van der Waals surface area contributed by atoms with Gasteiger partial charge in [0.2, 0.25) is 0 Å². The molecule has 2 fully saturated rings. The molecule has 0 aliphatic heterocycles. The summed E-state index contributed by atoms with van der Waals surface area (Å²) in [5.74, 6) is 0.201. The second kappa shape index (κ2) is 14.7. The maximum Gasteiger partial charge on any atom is 0.132 e. The Labute approximate surface area is 282 Å².